The third-order valence-electron chi connectivity index (χ3n) is 5.73. The molecular weight excluding hydrogens is 356 g/mol. The van der Waals surface area contributed by atoms with Crippen LogP contribution in [0.15, 0.2) is 36.9 Å². The third kappa shape index (κ3) is 4.34. The molecule has 0 bridgehead atoms. The second-order valence-electron chi connectivity index (χ2n) is 7.47. The summed E-state index contributed by atoms with van der Waals surface area (Å²) in [5.74, 6) is 0. The molecule has 2 aliphatic rings. The highest BCUT2D eigenvalue weighted by molar-refractivity contribution is 5.74. The lowest BCUT2D eigenvalue weighted by Gasteiger charge is -2.40. The monoisotopic (exact) mass is 384 g/mol. The van der Waals surface area contributed by atoms with Crippen LogP contribution in [0.25, 0.3) is 5.69 Å². The first-order valence-corrected chi connectivity index (χ1v) is 10.0. The number of urea groups is 1. The van der Waals surface area contributed by atoms with Gasteiger partial charge < -0.3 is 15.0 Å². The number of ether oxygens (including phenoxy) is 1. The number of nitrogens with zero attached hydrogens (tertiary/aromatic N) is 5. The van der Waals surface area contributed by atoms with Gasteiger partial charge in [-0.2, -0.15) is 5.10 Å². The molecule has 1 aromatic heterocycles. The molecule has 0 unspecified atom stereocenters. The maximum atomic E-state index is 12.7. The van der Waals surface area contributed by atoms with E-state index in [-0.39, 0.29) is 12.1 Å². The van der Waals surface area contributed by atoms with Crippen molar-refractivity contribution in [1.82, 2.24) is 29.9 Å². The minimum atomic E-state index is -0.0502. The molecule has 1 N–H and O–H groups in total. The minimum absolute atomic E-state index is 0.0134. The van der Waals surface area contributed by atoms with E-state index in [1.165, 1.54) is 6.33 Å². The van der Waals surface area contributed by atoms with Crippen LogP contribution in [-0.4, -0.2) is 76.0 Å². The molecule has 0 saturated carbocycles. The molecule has 150 valence electrons. The van der Waals surface area contributed by atoms with Crippen molar-refractivity contribution in [1.29, 1.82) is 0 Å². The lowest BCUT2D eigenvalue weighted by Crippen LogP contribution is -2.55. The van der Waals surface area contributed by atoms with E-state index in [9.17, 15) is 4.79 Å². The molecule has 2 fully saturated rings. The molecule has 8 nitrogen and oxygen atoms in total. The molecule has 2 aliphatic heterocycles. The lowest BCUT2D eigenvalue weighted by molar-refractivity contribution is 0.0186. The molecule has 0 spiro atoms. The summed E-state index contributed by atoms with van der Waals surface area (Å²) in [6.45, 7) is 7.18. The zero-order valence-electron chi connectivity index (χ0n) is 16.3. The van der Waals surface area contributed by atoms with E-state index in [1.54, 1.807) is 11.0 Å². The van der Waals surface area contributed by atoms with E-state index >= 15 is 0 Å². The largest absolute Gasteiger partial charge is 0.381 e. The van der Waals surface area contributed by atoms with Crippen molar-refractivity contribution < 1.29 is 9.53 Å². The van der Waals surface area contributed by atoms with Crippen molar-refractivity contribution in [2.45, 2.75) is 31.8 Å². The normalized spacial score (nSPS) is 20.1. The molecule has 2 aromatic rings. The van der Waals surface area contributed by atoms with Crippen LogP contribution in [0.3, 0.4) is 0 Å². The van der Waals surface area contributed by atoms with Crippen molar-refractivity contribution in [3.05, 3.63) is 42.5 Å². The molecule has 0 radical (unpaired) electrons. The molecule has 0 aliphatic carbocycles. The van der Waals surface area contributed by atoms with Gasteiger partial charge in [0.1, 0.15) is 12.7 Å². The van der Waals surface area contributed by atoms with Gasteiger partial charge in [-0.15, -0.1) is 0 Å². The van der Waals surface area contributed by atoms with Gasteiger partial charge in [-0.05, 0) is 37.5 Å². The van der Waals surface area contributed by atoms with Crippen molar-refractivity contribution in [2.75, 3.05) is 39.4 Å². The molecule has 1 atom stereocenters. The van der Waals surface area contributed by atoms with Crippen LogP contribution in [0, 0.1) is 0 Å². The second-order valence-corrected chi connectivity index (χ2v) is 7.47. The fourth-order valence-corrected chi connectivity index (χ4v) is 3.96. The van der Waals surface area contributed by atoms with E-state index in [4.69, 9.17) is 4.74 Å². The summed E-state index contributed by atoms with van der Waals surface area (Å²) >= 11 is 0. The highest BCUT2D eigenvalue weighted by Crippen LogP contribution is 2.18. The van der Waals surface area contributed by atoms with Gasteiger partial charge in [0.05, 0.1) is 11.7 Å². The Morgan fingerprint density at radius 3 is 2.50 bits per heavy atom. The Morgan fingerprint density at radius 2 is 1.86 bits per heavy atom. The fourth-order valence-electron chi connectivity index (χ4n) is 3.96. The van der Waals surface area contributed by atoms with Crippen LogP contribution < -0.4 is 5.32 Å². The molecular formula is C20H28N6O2. The standard InChI is InChI=1S/C20H28N6O2/c1-16(17-2-4-19(5-3-17)26-15-21-14-22-26)23-20(27)25-10-8-24(9-11-25)18-6-12-28-13-7-18/h2-5,14-16,18H,6-13H2,1H3,(H,23,27)/t16-/m1/s1. The Labute approximate surface area is 165 Å². The van der Waals surface area contributed by atoms with E-state index in [2.05, 4.69) is 20.3 Å². The van der Waals surface area contributed by atoms with Crippen LogP contribution in [0.1, 0.15) is 31.4 Å². The Bertz CT molecular complexity index is 750. The second kappa shape index (κ2) is 8.70. The lowest BCUT2D eigenvalue weighted by atomic mass is 10.1. The van der Waals surface area contributed by atoms with Gasteiger partial charge in [0.25, 0.3) is 0 Å². The van der Waals surface area contributed by atoms with E-state index < -0.39 is 0 Å². The quantitative estimate of drug-likeness (QED) is 0.871. The summed E-state index contributed by atoms with van der Waals surface area (Å²) in [5, 5.41) is 7.26. The average molecular weight is 384 g/mol. The maximum Gasteiger partial charge on any atom is 0.317 e. The highest BCUT2D eigenvalue weighted by atomic mass is 16.5. The average Bonchev–Trinajstić information content (AvgIpc) is 3.29. The van der Waals surface area contributed by atoms with Crippen molar-refractivity contribution in [3.8, 4) is 5.69 Å². The first-order chi connectivity index (χ1) is 13.7. The Morgan fingerprint density at radius 1 is 1.14 bits per heavy atom. The van der Waals surface area contributed by atoms with E-state index in [0.29, 0.717) is 6.04 Å². The van der Waals surface area contributed by atoms with Gasteiger partial charge in [-0.1, -0.05) is 12.1 Å². The number of carbonyl (C=O) groups excluding carboxylic acids is 1. The molecule has 1 aromatic carbocycles. The fraction of sp³-hybridized carbons (Fsp3) is 0.550. The van der Waals surface area contributed by atoms with Crippen LogP contribution >= 0.6 is 0 Å². The zero-order chi connectivity index (χ0) is 19.3. The first kappa shape index (κ1) is 18.9. The zero-order valence-corrected chi connectivity index (χ0v) is 16.3. The van der Waals surface area contributed by atoms with Gasteiger partial charge in [0, 0.05) is 45.4 Å². The predicted octanol–water partition coefficient (Wildman–Crippen LogP) is 1.83. The number of carbonyl (C=O) groups is 1. The van der Waals surface area contributed by atoms with Gasteiger partial charge in [0.15, 0.2) is 0 Å². The molecule has 2 amide bonds. The number of rotatable bonds is 4. The smallest absolute Gasteiger partial charge is 0.317 e. The molecule has 28 heavy (non-hydrogen) atoms. The SMILES string of the molecule is C[C@@H](NC(=O)N1CCN(C2CCOCC2)CC1)c1ccc(-n2cncn2)cc1. The van der Waals surface area contributed by atoms with Crippen LogP contribution in [0.5, 0.6) is 0 Å². The number of amides is 2. The number of nitrogens with one attached hydrogen (secondary N) is 1. The van der Waals surface area contributed by atoms with Crippen molar-refractivity contribution in [3.63, 3.8) is 0 Å². The van der Waals surface area contributed by atoms with Gasteiger partial charge in [0.2, 0.25) is 0 Å². The molecule has 3 heterocycles. The highest BCUT2D eigenvalue weighted by Gasteiger charge is 2.27. The number of aromatic nitrogens is 3. The van der Waals surface area contributed by atoms with Crippen LogP contribution in [-0.2, 0) is 4.74 Å². The molecule has 4 rings (SSSR count). The summed E-state index contributed by atoms with van der Waals surface area (Å²) in [7, 11) is 0. The summed E-state index contributed by atoms with van der Waals surface area (Å²) in [6, 6.07) is 8.58. The first-order valence-electron chi connectivity index (χ1n) is 10.0. The third-order valence-corrected chi connectivity index (χ3v) is 5.73. The van der Waals surface area contributed by atoms with Crippen LogP contribution in [0.2, 0.25) is 0 Å². The summed E-state index contributed by atoms with van der Waals surface area (Å²) in [4.78, 5) is 21.1. The number of benzene rings is 1. The summed E-state index contributed by atoms with van der Waals surface area (Å²) < 4.78 is 7.17. The van der Waals surface area contributed by atoms with Crippen molar-refractivity contribution in [2.24, 2.45) is 0 Å². The maximum absolute atomic E-state index is 12.7. The van der Waals surface area contributed by atoms with Gasteiger partial charge >= 0.3 is 6.03 Å². The Balaban J connectivity index is 1.27. The topological polar surface area (TPSA) is 75.5 Å². The Hall–Kier alpha value is -2.45. The predicted molar refractivity (Wildman–Crippen MR) is 105 cm³/mol. The number of piperazine rings is 1. The summed E-state index contributed by atoms with van der Waals surface area (Å²) in [5.41, 5.74) is 2.02. The van der Waals surface area contributed by atoms with Gasteiger partial charge in [-0.25, -0.2) is 14.5 Å². The summed E-state index contributed by atoms with van der Waals surface area (Å²) in [6.07, 6.45) is 5.39. The van der Waals surface area contributed by atoms with Crippen LogP contribution in [0.4, 0.5) is 4.79 Å². The van der Waals surface area contributed by atoms with Gasteiger partial charge in [-0.3, -0.25) is 4.90 Å². The number of hydrogen-bond acceptors (Lipinski definition) is 5. The molecule has 2 saturated heterocycles. The minimum Gasteiger partial charge on any atom is -0.381 e. The van der Waals surface area contributed by atoms with Crippen molar-refractivity contribution >= 4 is 6.03 Å². The number of hydrogen-bond donors (Lipinski definition) is 1. The van der Waals surface area contributed by atoms with E-state index in [0.717, 1.165) is 63.5 Å². The van der Waals surface area contributed by atoms with E-state index in [1.807, 2.05) is 36.1 Å². The Kier molecular flexibility index (Phi) is 5.87. The molecule has 8 heteroatoms.